The smallest absolute Gasteiger partial charge is 0.386 e. The summed E-state index contributed by atoms with van der Waals surface area (Å²) >= 11 is 0.946. The molecule has 1 aliphatic heterocycles. The Morgan fingerprint density at radius 2 is 1.72 bits per heavy atom. The molecule has 0 saturated carbocycles. The van der Waals surface area contributed by atoms with Gasteiger partial charge in [0.15, 0.2) is 17.7 Å². The summed E-state index contributed by atoms with van der Waals surface area (Å²) in [6.07, 6.45) is -5.89. The lowest BCUT2D eigenvalue weighted by Gasteiger charge is -2.30. The summed E-state index contributed by atoms with van der Waals surface area (Å²) in [5.41, 5.74) is 4.22. The Bertz CT molecular complexity index is 1920. The molecule has 3 amide bonds. The van der Waals surface area contributed by atoms with E-state index in [1.54, 1.807) is 0 Å². The van der Waals surface area contributed by atoms with Crippen molar-refractivity contribution in [2.45, 2.75) is 83.6 Å². The number of aliphatic hydroxyl groups is 2. The van der Waals surface area contributed by atoms with Gasteiger partial charge in [0.05, 0.1) is 25.6 Å². The van der Waals surface area contributed by atoms with Crippen LogP contribution in [0.1, 0.15) is 53.2 Å². The number of anilines is 1. The molecule has 0 bridgehead atoms. The van der Waals surface area contributed by atoms with E-state index in [1.807, 2.05) is 6.92 Å². The van der Waals surface area contributed by atoms with Gasteiger partial charge in [0, 0.05) is 37.6 Å². The minimum atomic E-state index is -5.59. The maximum Gasteiger partial charge on any atom is 0.481 e. The van der Waals surface area contributed by atoms with Gasteiger partial charge in [-0.1, -0.05) is 39.0 Å². The predicted octanol–water partition coefficient (Wildman–Crippen LogP) is -1.03. The van der Waals surface area contributed by atoms with Crippen LogP contribution >= 0.6 is 35.2 Å². The summed E-state index contributed by atoms with van der Waals surface area (Å²) in [6.45, 7) is 3.48. The molecular formula is C28H47N8O18P3S. The molecule has 3 heterocycles. The molecule has 30 heteroatoms. The van der Waals surface area contributed by atoms with Crippen LogP contribution in [0.25, 0.3) is 11.2 Å². The van der Waals surface area contributed by atoms with Crippen molar-refractivity contribution in [2.24, 2.45) is 5.41 Å². The Balaban J connectivity index is 1.48. The molecule has 1 aliphatic rings. The van der Waals surface area contributed by atoms with Crippen molar-refractivity contribution < 1.29 is 85.3 Å². The normalized spacial score (nSPS) is 21.8. The first kappa shape index (κ1) is 49.4. The van der Waals surface area contributed by atoms with Crippen LogP contribution in [-0.2, 0) is 55.5 Å². The number of fused-ring (bicyclic) bond motifs is 1. The van der Waals surface area contributed by atoms with Gasteiger partial charge < -0.3 is 56.2 Å². The highest BCUT2D eigenvalue weighted by Gasteiger charge is 2.50. The van der Waals surface area contributed by atoms with E-state index in [1.165, 1.54) is 20.8 Å². The number of rotatable bonds is 23. The number of ether oxygens (including phenoxy) is 1. The first-order valence-corrected chi connectivity index (χ1v) is 22.7. The molecule has 26 nitrogen and oxygen atoms in total. The molecule has 0 spiro atoms. The second kappa shape index (κ2) is 21.0. The standard InChI is InChI=1S/C28H47N8O18P3S/c1-5-6-16(35-15(2)37)27(42)58-10-9-30-18(38)7-8-31-25(41)22(40)28(3,4)12-51-57(48,49)54-56(46,47)50-11-17-21(53-55(43,44)45)20(39)26(52-17)36-14-34-19-23(29)32-13-33-24(19)36/h13-14,16-17,20-22,26,39-40H,5-12H2,1-4H3,(H,30,38)(H,31,41)(H,35,37)(H,46,47)(H,48,49)(H2,29,32,33)(H2,43,44,45)/t16?,17-,20-,21-,22+,26-/m1/s1. The van der Waals surface area contributed by atoms with Gasteiger partial charge in [-0.25, -0.2) is 28.6 Å². The van der Waals surface area contributed by atoms with E-state index < -0.39 is 90.6 Å². The van der Waals surface area contributed by atoms with Gasteiger partial charge in [0.1, 0.15) is 36.3 Å². The number of nitrogen functional groups attached to an aromatic ring is 1. The Hall–Kier alpha value is -2.97. The zero-order valence-corrected chi connectivity index (χ0v) is 35.0. The lowest BCUT2D eigenvalue weighted by atomic mass is 9.87. The van der Waals surface area contributed by atoms with Crippen LogP contribution in [0.5, 0.6) is 0 Å². The molecule has 1 fully saturated rings. The van der Waals surface area contributed by atoms with Crippen LogP contribution < -0.4 is 21.7 Å². The quantitative estimate of drug-likeness (QED) is 0.0471. The van der Waals surface area contributed by atoms with Crippen molar-refractivity contribution >= 4 is 75.0 Å². The Morgan fingerprint density at radius 3 is 2.36 bits per heavy atom. The second-order valence-electron chi connectivity index (χ2n) is 13.3. The molecule has 0 aliphatic carbocycles. The lowest BCUT2D eigenvalue weighted by molar-refractivity contribution is -0.137. The number of aromatic nitrogens is 4. The molecule has 328 valence electrons. The van der Waals surface area contributed by atoms with Crippen molar-refractivity contribution in [3.63, 3.8) is 0 Å². The van der Waals surface area contributed by atoms with Crippen molar-refractivity contribution in [2.75, 3.05) is 37.8 Å². The van der Waals surface area contributed by atoms with Crippen LogP contribution in [0.2, 0.25) is 0 Å². The number of phosphoric ester groups is 3. The van der Waals surface area contributed by atoms with E-state index in [0.29, 0.717) is 12.8 Å². The number of nitrogens with one attached hydrogen (secondary N) is 3. The summed E-state index contributed by atoms with van der Waals surface area (Å²) < 4.78 is 62.1. The Kier molecular flexibility index (Phi) is 17.9. The number of hydrogen-bond donors (Lipinski definition) is 10. The molecule has 3 rings (SSSR count). The number of carbonyl (C=O) groups excluding carboxylic acids is 4. The summed E-state index contributed by atoms with van der Waals surface area (Å²) in [6, 6.07) is -0.639. The van der Waals surface area contributed by atoms with Crippen LogP contribution in [0.3, 0.4) is 0 Å². The summed E-state index contributed by atoms with van der Waals surface area (Å²) in [5, 5.41) is 28.7. The summed E-state index contributed by atoms with van der Waals surface area (Å²) in [7, 11) is -16.4. The number of nitrogens with zero attached hydrogens (tertiary/aromatic N) is 4. The van der Waals surface area contributed by atoms with Gasteiger partial charge in [0.25, 0.3) is 0 Å². The van der Waals surface area contributed by atoms with Crippen molar-refractivity contribution in [1.29, 1.82) is 0 Å². The molecule has 3 unspecified atom stereocenters. The highest BCUT2D eigenvalue weighted by Crippen LogP contribution is 2.61. The van der Waals surface area contributed by atoms with Crippen LogP contribution in [0.4, 0.5) is 5.82 Å². The average molecular weight is 909 g/mol. The highest BCUT2D eigenvalue weighted by atomic mass is 32.2. The zero-order valence-electron chi connectivity index (χ0n) is 31.5. The molecule has 8 atom stereocenters. The SMILES string of the molecule is CCCC(NC(C)=O)C(=O)SCCNC(=O)CCNC(=O)[C@H](O)C(C)(C)COP(=O)(O)OP(=O)(O)OC[C@H]1O[C@@H](n2cnc3c(N)ncnc32)[C@H](O)[C@@H]1OP(=O)(O)O. The highest BCUT2D eigenvalue weighted by molar-refractivity contribution is 8.13. The monoisotopic (exact) mass is 908 g/mol. The van der Waals surface area contributed by atoms with Gasteiger partial charge >= 0.3 is 23.5 Å². The number of thioether (sulfide) groups is 1. The molecule has 2 aromatic rings. The van der Waals surface area contributed by atoms with Crippen molar-refractivity contribution in [3.8, 4) is 0 Å². The molecule has 0 aromatic carbocycles. The molecule has 0 radical (unpaired) electrons. The zero-order chi connectivity index (χ0) is 43.6. The lowest BCUT2D eigenvalue weighted by Crippen LogP contribution is -2.46. The number of amides is 3. The number of imidazole rings is 1. The van der Waals surface area contributed by atoms with Gasteiger partial charge in [-0.3, -0.25) is 37.3 Å². The number of hydrogen-bond acceptors (Lipinski definition) is 19. The van der Waals surface area contributed by atoms with E-state index in [0.717, 1.165) is 29.0 Å². The number of aliphatic hydroxyl groups excluding tert-OH is 2. The van der Waals surface area contributed by atoms with Gasteiger partial charge in [-0.2, -0.15) is 4.31 Å². The molecular weight excluding hydrogens is 861 g/mol. The maximum atomic E-state index is 12.7. The van der Waals surface area contributed by atoms with E-state index in [-0.39, 0.29) is 53.3 Å². The summed E-state index contributed by atoms with van der Waals surface area (Å²) in [4.78, 5) is 99.3. The number of phosphoric acid groups is 3. The number of carbonyl (C=O) groups is 4. The Labute approximate surface area is 334 Å². The summed E-state index contributed by atoms with van der Waals surface area (Å²) in [5.74, 6) is -1.65. The fraction of sp³-hybridized carbons (Fsp3) is 0.679. The van der Waals surface area contributed by atoms with Crippen LogP contribution in [0, 0.1) is 5.41 Å². The van der Waals surface area contributed by atoms with E-state index in [4.69, 9.17) is 19.5 Å². The average Bonchev–Trinajstić information content (AvgIpc) is 3.67. The minimum Gasteiger partial charge on any atom is -0.386 e. The molecule has 11 N–H and O–H groups in total. The minimum absolute atomic E-state index is 0.0236. The van der Waals surface area contributed by atoms with Crippen LogP contribution in [0.15, 0.2) is 12.7 Å². The van der Waals surface area contributed by atoms with E-state index in [2.05, 4.69) is 39.7 Å². The van der Waals surface area contributed by atoms with Crippen LogP contribution in [-0.4, -0.2) is 135 Å². The first-order valence-electron chi connectivity index (χ1n) is 17.2. The maximum absolute atomic E-state index is 12.7. The largest absolute Gasteiger partial charge is 0.481 e. The third-order valence-corrected chi connectivity index (χ3v) is 12.1. The fourth-order valence-electron chi connectivity index (χ4n) is 5.17. The third-order valence-electron chi connectivity index (χ3n) is 7.99. The van der Waals surface area contributed by atoms with Gasteiger partial charge in [-0.15, -0.1) is 0 Å². The first-order chi connectivity index (χ1) is 26.9. The van der Waals surface area contributed by atoms with E-state index >= 15 is 0 Å². The van der Waals surface area contributed by atoms with Gasteiger partial charge in [-0.05, 0) is 6.42 Å². The van der Waals surface area contributed by atoms with Crippen molar-refractivity contribution in [1.82, 2.24) is 35.5 Å². The molecule has 1 saturated heterocycles. The topological polar surface area (TPSA) is 393 Å². The Morgan fingerprint density at radius 1 is 1.05 bits per heavy atom. The molecule has 58 heavy (non-hydrogen) atoms. The fourth-order valence-corrected chi connectivity index (χ4v) is 8.78. The predicted molar refractivity (Wildman–Crippen MR) is 200 cm³/mol. The number of nitrogens with two attached hydrogens (primary N) is 1. The van der Waals surface area contributed by atoms with Gasteiger partial charge in [0.2, 0.25) is 22.8 Å². The second-order valence-corrected chi connectivity index (χ2v) is 18.6. The third kappa shape index (κ3) is 14.9. The van der Waals surface area contributed by atoms with E-state index in [9.17, 15) is 62.7 Å². The van der Waals surface area contributed by atoms with Crippen molar-refractivity contribution in [3.05, 3.63) is 12.7 Å². The molecule has 2 aromatic heterocycles.